The van der Waals surface area contributed by atoms with Crippen LogP contribution in [0.1, 0.15) is 38.8 Å². The van der Waals surface area contributed by atoms with Crippen LogP contribution in [0.5, 0.6) is 0 Å². The number of nitrogens with one attached hydrogen (secondary N) is 1. The molecule has 6 nitrogen and oxygen atoms in total. The molecule has 3 rings (SSSR count). The van der Waals surface area contributed by atoms with Crippen LogP contribution in [-0.2, 0) is 31.8 Å². The average Bonchev–Trinajstić information content (AvgIpc) is 3.51. The Balaban J connectivity index is 1.73. The van der Waals surface area contributed by atoms with Gasteiger partial charge in [-0.25, -0.2) is 4.79 Å². The molecule has 2 aromatic carbocycles. The Labute approximate surface area is 190 Å². The molecule has 4 atom stereocenters. The third-order valence-corrected chi connectivity index (χ3v) is 5.26. The molecule has 1 aliphatic heterocycles. The van der Waals surface area contributed by atoms with Crippen LogP contribution in [0.2, 0.25) is 0 Å². The summed E-state index contributed by atoms with van der Waals surface area (Å²) in [6.07, 6.45) is 0.560. The highest BCUT2D eigenvalue weighted by Crippen LogP contribution is 2.35. The Morgan fingerprint density at radius 1 is 0.938 bits per heavy atom. The fraction of sp³-hybridized carbons (Fsp3) is 0.462. The first kappa shape index (κ1) is 23.8. The molecule has 1 fully saturated rings. The first-order chi connectivity index (χ1) is 15.2. The van der Waals surface area contributed by atoms with Crippen LogP contribution in [0.3, 0.4) is 0 Å². The molecule has 6 heteroatoms. The van der Waals surface area contributed by atoms with Crippen molar-refractivity contribution in [3.05, 3.63) is 71.8 Å². The Morgan fingerprint density at radius 2 is 1.50 bits per heavy atom. The second-order valence-corrected chi connectivity index (χ2v) is 9.26. The van der Waals surface area contributed by atoms with Crippen molar-refractivity contribution in [2.75, 3.05) is 6.61 Å². The number of alkyl carbamates (subject to hydrolysis) is 1. The fourth-order valence-electron chi connectivity index (χ4n) is 3.83. The quantitative estimate of drug-likeness (QED) is 0.465. The molecule has 0 aromatic heterocycles. The molecule has 0 spiro atoms. The summed E-state index contributed by atoms with van der Waals surface area (Å²) in [5.41, 5.74) is 1.66. The topological polar surface area (TPSA) is 77.2 Å². The van der Waals surface area contributed by atoms with Crippen molar-refractivity contribution in [1.82, 2.24) is 5.32 Å². The number of rotatable bonds is 9. The van der Waals surface area contributed by atoms with E-state index < -0.39 is 11.7 Å². The van der Waals surface area contributed by atoms with Gasteiger partial charge in [0, 0.05) is 12.8 Å². The third-order valence-electron chi connectivity index (χ3n) is 5.26. The SMILES string of the molecule is CC(=O)OC[C@H](Cc1ccccc1)[C@H]1O[C@@H]1[C@H](Cc1ccccc1)NC(=O)OC(C)(C)C. The summed E-state index contributed by atoms with van der Waals surface area (Å²) in [6.45, 7) is 7.20. The standard InChI is InChI=1S/C26H33NO5/c1-18(28)30-17-21(15-19-11-7-5-8-12-19)23-24(31-23)22(16-20-13-9-6-10-14-20)27-25(29)32-26(2,3)4/h5-14,21-24H,15-17H2,1-4H3,(H,27,29)/t21-,22-,23+,24+/m0/s1. The van der Waals surface area contributed by atoms with Crippen LogP contribution < -0.4 is 5.32 Å². The zero-order valence-electron chi connectivity index (χ0n) is 19.2. The highest BCUT2D eigenvalue weighted by molar-refractivity contribution is 5.68. The summed E-state index contributed by atoms with van der Waals surface area (Å²) in [5, 5.41) is 3.00. The number of hydrogen-bond donors (Lipinski definition) is 1. The number of esters is 1. The second-order valence-electron chi connectivity index (χ2n) is 9.26. The number of ether oxygens (including phenoxy) is 3. The molecule has 2 aromatic rings. The van der Waals surface area contributed by atoms with Crippen LogP contribution in [-0.4, -0.2) is 42.5 Å². The Morgan fingerprint density at radius 3 is 2.03 bits per heavy atom. The van der Waals surface area contributed by atoms with E-state index in [4.69, 9.17) is 14.2 Å². The van der Waals surface area contributed by atoms with Crippen LogP contribution in [0.4, 0.5) is 4.79 Å². The zero-order chi connectivity index (χ0) is 23.1. The van der Waals surface area contributed by atoms with Crippen LogP contribution in [0.15, 0.2) is 60.7 Å². The minimum absolute atomic E-state index is 0.00925. The molecule has 172 valence electrons. The highest BCUT2D eigenvalue weighted by atomic mass is 16.6. The lowest BCUT2D eigenvalue weighted by molar-refractivity contribution is -0.142. The van der Waals surface area contributed by atoms with Gasteiger partial charge in [-0.05, 0) is 44.7 Å². The van der Waals surface area contributed by atoms with Gasteiger partial charge in [0.25, 0.3) is 0 Å². The predicted octanol–water partition coefficient (Wildman–Crippen LogP) is 4.31. The lowest BCUT2D eigenvalue weighted by Gasteiger charge is -2.23. The molecular weight excluding hydrogens is 406 g/mol. The zero-order valence-corrected chi connectivity index (χ0v) is 19.2. The lowest BCUT2D eigenvalue weighted by Crippen LogP contribution is -2.44. The largest absolute Gasteiger partial charge is 0.465 e. The van der Waals surface area contributed by atoms with Crippen LogP contribution >= 0.6 is 0 Å². The summed E-state index contributed by atoms with van der Waals surface area (Å²) < 4.78 is 16.9. The fourth-order valence-corrected chi connectivity index (χ4v) is 3.83. The normalized spacial score (nSPS) is 19.5. The molecule has 1 aliphatic rings. The summed E-state index contributed by atoms with van der Waals surface area (Å²) in [5.74, 6) is -0.321. The van der Waals surface area contributed by atoms with Crippen molar-refractivity contribution >= 4 is 12.1 Å². The molecule has 0 unspecified atom stereocenters. The van der Waals surface area contributed by atoms with Gasteiger partial charge in [0.1, 0.15) is 11.7 Å². The van der Waals surface area contributed by atoms with E-state index in [1.165, 1.54) is 6.92 Å². The van der Waals surface area contributed by atoms with E-state index in [0.717, 1.165) is 17.5 Å². The smallest absolute Gasteiger partial charge is 0.407 e. The van der Waals surface area contributed by atoms with E-state index in [2.05, 4.69) is 17.4 Å². The number of benzene rings is 2. The van der Waals surface area contributed by atoms with Crippen molar-refractivity contribution < 1.29 is 23.8 Å². The number of epoxide rings is 1. The highest BCUT2D eigenvalue weighted by Gasteiger charge is 2.50. The molecule has 0 saturated carbocycles. The Hall–Kier alpha value is -2.86. The van der Waals surface area contributed by atoms with Gasteiger partial charge >= 0.3 is 12.1 Å². The van der Waals surface area contributed by atoms with Gasteiger partial charge in [-0.15, -0.1) is 0 Å². The number of carbonyl (C=O) groups is 2. The molecule has 1 heterocycles. The van der Waals surface area contributed by atoms with Gasteiger partial charge < -0.3 is 19.5 Å². The van der Waals surface area contributed by atoms with E-state index in [1.807, 2.05) is 69.3 Å². The molecule has 1 amide bonds. The molecule has 0 aliphatic carbocycles. The number of carbonyl (C=O) groups excluding carboxylic acids is 2. The van der Waals surface area contributed by atoms with E-state index in [1.54, 1.807) is 0 Å². The first-order valence-corrected chi connectivity index (χ1v) is 11.1. The molecular formula is C26H33NO5. The maximum Gasteiger partial charge on any atom is 0.407 e. The Bertz CT molecular complexity index is 878. The molecule has 32 heavy (non-hydrogen) atoms. The predicted molar refractivity (Wildman–Crippen MR) is 122 cm³/mol. The monoisotopic (exact) mass is 439 g/mol. The molecule has 1 N–H and O–H groups in total. The number of hydrogen-bond acceptors (Lipinski definition) is 5. The van der Waals surface area contributed by atoms with Crippen LogP contribution in [0, 0.1) is 5.92 Å². The molecule has 0 bridgehead atoms. The third kappa shape index (κ3) is 7.68. The maximum absolute atomic E-state index is 12.5. The van der Waals surface area contributed by atoms with Crippen molar-refractivity contribution in [3.8, 4) is 0 Å². The van der Waals surface area contributed by atoms with Gasteiger partial charge in [0.2, 0.25) is 0 Å². The summed E-state index contributed by atoms with van der Waals surface area (Å²) >= 11 is 0. The van der Waals surface area contributed by atoms with E-state index in [0.29, 0.717) is 6.42 Å². The van der Waals surface area contributed by atoms with Crippen molar-refractivity contribution in [3.63, 3.8) is 0 Å². The minimum atomic E-state index is -0.587. The van der Waals surface area contributed by atoms with Crippen molar-refractivity contribution in [2.24, 2.45) is 5.92 Å². The maximum atomic E-state index is 12.5. The summed E-state index contributed by atoms with van der Waals surface area (Å²) in [4.78, 5) is 24.0. The van der Waals surface area contributed by atoms with Gasteiger partial charge in [0.15, 0.2) is 0 Å². The number of amides is 1. The van der Waals surface area contributed by atoms with E-state index >= 15 is 0 Å². The van der Waals surface area contributed by atoms with E-state index in [9.17, 15) is 9.59 Å². The van der Waals surface area contributed by atoms with E-state index in [-0.39, 0.29) is 36.7 Å². The first-order valence-electron chi connectivity index (χ1n) is 11.1. The molecule has 1 saturated heterocycles. The van der Waals surface area contributed by atoms with Gasteiger partial charge in [0.05, 0.1) is 18.8 Å². The summed E-state index contributed by atoms with van der Waals surface area (Å²) in [7, 11) is 0. The second kappa shape index (κ2) is 10.6. The van der Waals surface area contributed by atoms with Gasteiger partial charge in [-0.1, -0.05) is 60.7 Å². The van der Waals surface area contributed by atoms with Gasteiger partial charge in [-0.3, -0.25) is 4.79 Å². The lowest BCUT2D eigenvalue weighted by atomic mass is 9.91. The summed E-state index contributed by atoms with van der Waals surface area (Å²) in [6, 6.07) is 19.8. The van der Waals surface area contributed by atoms with Crippen molar-refractivity contribution in [2.45, 2.75) is 64.4 Å². The Kier molecular flexibility index (Phi) is 7.91. The minimum Gasteiger partial charge on any atom is -0.465 e. The van der Waals surface area contributed by atoms with Crippen molar-refractivity contribution in [1.29, 1.82) is 0 Å². The average molecular weight is 440 g/mol. The molecule has 0 radical (unpaired) electrons. The van der Waals surface area contributed by atoms with Crippen LogP contribution in [0.25, 0.3) is 0 Å². The van der Waals surface area contributed by atoms with Gasteiger partial charge in [-0.2, -0.15) is 0 Å².